The van der Waals surface area contributed by atoms with Crippen LogP contribution in [0.3, 0.4) is 0 Å². The fraction of sp³-hybridized carbons (Fsp3) is 0.333. The molecular formula is C18H20BNO. The van der Waals surface area contributed by atoms with Crippen LogP contribution in [0.2, 0.25) is 0 Å². The molecule has 3 heteroatoms. The van der Waals surface area contributed by atoms with Crippen LogP contribution in [-0.4, -0.2) is 20.6 Å². The summed E-state index contributed by atoms with van der Waals surface area (Å²) >= 11 is 0. The van der Waals surface area contributed by atoms with Gasteiger partial charge in [0.25, 0.3) is 8.05 Å². The average molecular weight is 277 g/mol. The molecule has 1 N–H and O–H groups in total. The summed E-state index contributed by atoms with van der Waals surface area (Å²) in [5.74, 6) is 0. The molecule has 0 amide bonds. The van der Waals surface area contributed by atoms with Crippen molar-refractivity contribution in [2.75, 3.05) is 6.54 Å². The van der Waals surface area contributed by atoms with Crippen molar-refractivity contribution in [3.63, 3.8) is 0 Å². The van der Waals surface area contributed by atoms with Gasteiger partial charge in [-0.2, -0.15) is 0 Å². The summed E-state index contributed by atoms with van der Waals surface area (Å²) in [5.41, 5.74) is 1.55. The van der Waals surface area contributed by atoms with Crippen LogP contribution in [0.1, 0.15) is 30.4 Å². The Morgan fingerprint density at radius 3 is 1.90 bits per heavy atom. The molecular weight excluding hydrogens is 257 g/mol. The van der Waals surface area contributed by atoms with E-state index in [0.29, 0.717) is 0 Å². The zero-order chi connectivity index (χ0) is 14.5. The maximum absolute atomic E-state index is 5.86. The van der Waals surface area contributed by atoms with Crippen LogP contribution in [0.25, 0.3) is 0 Å². The molecule has 106 valence electrons. The van der Waals surface area contributed by atoms with Gasteiger partial charge in [-0.15, -0.1) is 0 Å². The highest BCUT2D eigenvalue weighted by molar-refractivity contribution is 5.98. The molecule has 1 heterocycles. The zero-order valence-electron chi connectivity index (χ0n) is 12.2. The lowest BCUT2D eigenvalue weighted by Gasteiger charge is -2.43. The van der Waals surface area contributed by atoms with Crippen molar-refractivity contribution in [3.8, 4) is 0 Å². The summed E-state index contributed by atoms with van der Waals surface area (Å²) in [5, 5.41) is 3.60. The van der Waals surface area contributed by atoms with Crippen LogP contribution < -0.4 is 5.32 Å². The van der Waals surface area contributed by atoms with Crippen molar-refractivity contribution < 1.29 is 4.65 Å². The third kappa shape index (κ3) is 2.64. The Balaban J connectivity index is 2.12. The van der Waals surface area contributed by atoms with Crippen molar-refractivity contribution >= 4 is 8.05 Å². The molecule has 1 unspecified atom stereocenters. The second-order valence-electron chi connectivity index (χ2n) is 5.59. The number of rotatable bonds is 4. The van der Waals surface area contributed by atoms with E-state index >= 15 is 0 Å². The molecule has 2 radical (unpaired) electrons. The first-order valence-corrected chi connectivity index (χ1v) is 7.60. The van der Waals surface area contributed by atoms with Crippen molar-refractivity contribution in [2.45, 2.75) is 30.9 Å². The monoisotopic (exact) mass is 277 g/mol. The fourth-order valence-electron chi connectivity index (χ4n) is 3.36. The predicted molar refractivity (Wildman–Crippen MR) is 86.1 cm³/mol. The summed E-state index contributed by atoms with van der Waals surface area (Å²) in [6, 6.07) is 20.7. The largest absolute Gasteiger partial charge is 0.434 e. The number of benzene rings is 2. The normalized spacial score (nSPS) is 19.3. The first-order valence-electron chi connectivity index (χ1n) is 7.60. The van der Waals surface area contributed by atoms with E-state index in [9.17, 15) is 0 Å². The van der Waals surface area contributed by atoms with E-state index in [-0.39, 0.29) is 6.04 Å². The highest BCUT2D eigenvalue weighted by Gasteiger charge is 2.42. The lowest BCUT2D eigenvalue weighted by molar-refractivity contribution is 0.0622. The van der Waals surface area contributed by atoms with E-state index in [1.807, 2.05) is 36.4 Å². The van der Waals surface area contributed by atoms with Gasteiger partial charge < -0.3 is 9.97 Å². The summed E-state index contributed by atoms with van der Waals surface area (Å²) in [4.78, 5) is 0. The molecule has 0 aliphatic carbocycles. The molecule has 1 aliphatic heterocycles. The number of hydrogen-bond donors (Lipinski definition) is 1. The highest BCUT2D eigenvalue weighted by atomic mass is 16.4. The van der Waals surface area contributed by atoms with Crippen molar-refractivity contribution in [1.29, 1.82) is 0 Å². The quantitative estimate of drug-likeness (QED) is 0.867. The highest BCUT2D eigenvalue weighted by Crippen LogP contribution is 2.39. The first kappa shape index (κ1) is 14.4. The predicted octanol–water partition coefficient (Wildman–Crippen LogP) is 3.17. The smallest absolute Gasteiger partial charge is 0.284 e. The van der Waals surface area contributed by atoms with Crippen LogP contribution in [0.4, 0.5) is 0 Å². The van der Waals surface area contributed by atoms with E-state index in [2.05, 4.69) is 29.6 Å². The minimum atomic E-state index is -0.636. The molecule has 1 aliphatic rings. The van der Waals surface area contributed by atoms with Gasteiger partial charge in [-0.25, -0.2) is 0 Å². The Labute approximate surface area is 128 Å². The lowest BCUT2D eigenvalue weighted by atomic mass is 9.76. The Kier molecular flexibility index (Phi) is 4.42. The molecule has 0 saturated carbocycles. The van der Waals surface area contributed by atoms with E-state index in [1.165, 1.54) is 12.8 Å². The molecule has 1 atom stereocenters. The van der Waals surface area contributed by atoms with Gasteiger partial charge in [0.1, 0.15) is 5.60 Å². The lowest BCUT2D eigenvalue weighted by Crippen LogP contribution is -2.52. The number of piperidine rings is 1. The van der Waals surface area contributed by atoms with Crippen molar-refractivity contribution in [3.05, 3.63) is 71.8 Å². The SMILES string of the molecule is [B]OC(c1ccccc1)(c1ccccc1)C1CCCCN1. The van der Waals surface area contributed by atoms with Gasteiger partial charge >= 0.3 is 0 Å². The maximum Gasteiger partial charge on any atom is 0.284 e. The Morgan fingerprint density at radius 1 is 0.905 bits per heavy atom. The van der Waals surface area contributed by atoms with Gasteiger partial charge in [0.15, 0.2) is 0 Å². The average Bonchev–Trinajstić information content (AvgIpc) is 2.59. The zero-order valence-corrected chi connectivity index (χ0v) is 12.2. The minimum Gasteiger partial charge on any atom is -0.434 e. The van der Waals surface area contributed by atoms with Gasteiger partial charge in [0.05, 0.1) is 0 Å². The molecule has 3 rings (SSSR count). The summed E-state index contributed by atoms with van der Waals surface area (Å²) in [6.07, 6.45) is 3.46. The molecule has 2 aromatic carbocycles. The molecule has 0 spiro atoms. The van der Waals surface area contributed by atoms with E-state index < -0.39 is 5.60 Å². The van der Waals surface area contributed by atoms with Crippen LogP contribution in [0.5, 0.6) is 0 Å². The summed E-state index contributed by atoms with van der Waals surface area (Å²) in [7, 11) is 5.86. The molecule has 21 heavy (non-hydrogen) atoms. The van der Waals surface area contributed by atoms with Crippen molar-refractivity contribution in [2.24, 2.45) is 0 Å². The Hall–Kier alpha value is -1.58. The van der Waals surface area contributed by atoms with Gasteiger partial charge in [0, 0.05) is 6.04 Å². The Bertz CT molecular complexity index is 512. The molecule has 1 fully saturated rings. The second kappa shape index (κ2) is 6.46. The van der Waals surface area contributed by atoms with E-state index in [4.69, 9.17) is 12.7 Å². The standard InChI is InChI=1S/C18H20BNO/c19-21-18(15-9-3-1-4-10-15,16-11-5-2-6-12-16)17-13-7-8-14-20-17/h1-6,9-12,17,20H,7-8,13-14H2. The van der Waals surface area contributed by atoms with E-state index in [0.717, 1.165) is 24.1 Å². The van der Waals surface area contributed by atoms with E-state index in [1.54, 1.807) is 0 Å². The van der Waals surface area contributed by atoms with Gasteiger partial charge in [-0.05, 0) is 30.5 Å². The van der Waals surface area contributed by atoms with Crippen LogP contribution in [-0.2, 0) is 10.3 Å². The summed E-state index contributed by atoms with van der Waals surface area (Å²) in [6.45, 7) is 1.01. The minimum absolute atomic E-state index is 0.182. The van der Waals surface area contributed by atoms with Crippen molar-refractivity contribution in [1.82, 2.24) is 5.32 Å². The topological polar surface area (TPSA) is 21.3 Å². The molecule has 1 saturated heterocycles. The Morgan fingerprint density at radius 2 is 1.48 bits per heavy atom. The van der Waals surface area contributed by atoms with Gasteiger partial charge in [-0.1, -0.05) is 67.1 Å². The summed E-state index contributed by atoms with van der Waals surface area (Å²) < 4.78 is 5.69. The second-order valence-corrected chi connectivity index (χ2v) is 5.59. The fourth-order valence-corrected chi connectivity index (χ4v) is 3.36. The third-order valence-electron chi connectivity index (χ3n) is 4.39. The maximum atomic E-state index is 5.86. The number of hydrogen-bond acceptors (Lipinski definition) is 2. The molecule has 2 nitrogen and oxygen atoms in total. The third-order valence-corrected chi connectivity index (χ3v) is 4.39. The molecule has 0 bridgehead atoms. The molecule has 0 aromatic heterocycles. The van der Waals surface area contributed by atoms with Gasteiger partial charge in [0.2, 0.25) is 0 Å². The first-order chi connectivity index (χ1) is 10.4. The van der Waals surface area contributed by atoms with Crippen LogP contribution in [0, 0.1) is 0 Å². The van der Waals surface area contributed by atoms with Crippen LogP contribution >= 0.6 is 0 Å². The number of nitrogens with one attached hydrogen (secondary N) is 1. The van der Waals surface area contributed by atoms with Gasteiger partial charge in [-0.3, -0.25) is 0 Å². The molecule has 2 aromatic rings. The van der Waals surface area contributed by atoms with Crippen LogP contribution in [0.15, 0.2) is 60.7 Å².